The molecule has 0 saturated carbocycles. The molecule has 0 radical (unpaired) electrons. The van der Waals surface area contributed by atoms with Crippen LogP contribution in [0.4, 0.5) is 0 Å². The molecule has 0 fully saturated rings. The van der Waals surface area contributed by atoms with Crippen LogP contribution >= 0.6 is 11.6 Å². The van der Waals surface area contributed by atoms with E-state index in [-0.39, 0.29) is 11.7 Å². The lowest BCUT2D eigenvalue weighted by Gasteiger charge is -2.15. The number of benzene rings is 1. The van der Waals surface area contributed by atoms with E-state index >= 15 is 0 Å². The minimum Gasteiger partial charge on any atom is -0.490 e. The highest BCUT2D eigenvalue weighted by atomic mass is 35.5. The number of carbonyl (C=O) groups excluding carboxylic acids is 1. The minimum absolute atomic E-state index is 0.107. The fourth-order valence-corrected chi connectivity index (χ4v) is 1.54. The zero-order valence-corrected chi connectivity index (χ0v) is 11.7. The van der Waals surface area contributed by atoms with Crippen molar-refractivity contribution in [1.82, 2.24) is 5.32 Å². The smallest absolute Gasteiger partial charge is 0.325 e. The molecule has 0 bridgehead atoms. The summed E-state index contributed by atoms with van der Waals surface area (Å²) in [5.41, 5.74) is 0.217. The standard InChI is InChI=1S/C13H16ClNO4/c1-7(2)19-11-5-4-9(14)6-10(11)12(16)15-8(3)13(17)18/h4-8H,1-3H3,(H,15,16)(H,17,18). The summed E-state index contributed by atoms with van der Waals surface area (Å²) in [6.45, 7) is 5.04. The van der Waals surface area contributed by atoms with Crippen LogP contribution in [0.5, 0.6) is 5.75 Å². The van der Waals surface area contributed by atoms with Gasteiger partial charge < -0.3 is 15.2 Å². The van der Waals surface area contributed by atoms with Gasteiger partial charge in [-0.15, -0.1) is 0 Å². The number of ether oxygens (including phenoxy) is 1. The Morgan fingerprint density at radius 2 is 1.95 bits per heavy atom. The van der Waals surface area contributed by atoms with E-state index in [1.165, 1.54) is 13.0 Å². The molecular formula is C13H16ClNO4. The molecule has 0 aromatic heterocycles. The first-order valence-corrected chi connectivity index (χ1v) is 6.19. The Morgan fingerprint density at radius 1 is 1.32 bits per heavy atom. The van der Waals surface area contributed by atoms with Gasteiger partial charge in [0.25, 0.3) is 5.91 Å². The van der Waals surface area contributed by atoms with E-state index in [9.17, 15) is 9.59 Å². The lowest BCUT2D eigenvalue weighted by Crippen LogP contribution is -2.38. The lowest BCUT2D eigenvalue weighted by atomic mass is 10.1. The predicted octanol–water partition coefficient (Wildman–Crippen LogP) is 2.33. The van der Waals surface area contributed by atoms with Gasteiger partial charge in [-0.2, -0.15) is 0 Å². The molecule has 19 heavy (non-hydrogen) atoms. The second-order valence-electron chi connectivity index (χ2n) is 4.34. The van der Waals surface area contributed by atoms with Crippen LogP contribution in [0.2, 0.25) is 5.02 Å². The van der Waals surface area contributed by atoms with Crippen molar-refractivity contribution in [1.29, 1.82) is 0 Å². The first kappa shape index (κ1) is 15.3. The first-order chi connectivity index (χ1) is 8.81. The molecule has 0 heterocycles. The van der Waals surface area contributed by atoms with Crippen LogP contribution in [0.15, 0.2) is 18.2 Å². The maximum Gasteiger partial charge on any atom is 0.325 e. The quantitative estimate of drug-likeness (QED) is 0.870. The number of rotatable bonds is 5. The molecule has 0 aliphatic rings. The molecule has 104 valence electrons. The zero-order chi connectivity index (χ0) is 14.6. The van der Waals surface area contributed by atoms with Crippen LogP contribution < -0.4 is 10.1 Å². The van der Waals surface area contributed by atoms with Gasteiger partial charge in [-0.3, -0.25) is 9.59 Å². The van der Waals surface area contributed by atoms with Gasteiger partial charge in [0.05, 0.1) is 11.7 Å². The third-order valence-corrected chi connectivity index (χ3v) is 2.50. The third-order valence-electron chi connectivity index (χ3n) is 2.27. The van der Waals surface area contributed by atoms with Gasteiger partial charge in [0.2, 0.25) is 0 Å². The number of aliphatic carboxylic acids is 1. The molecule has 1 aromatic carbocycles. The normalized spacial score (nSPS) is 12.1. The average Bonchev–Trinajstić information content (AvgIpc) is 2.30. The number of hydrogen-bond donors (Lipinski definition) is 2. The molecule has 1 atom stereocenters. The van der Waals surface area contributed by atoms with Gasteiger partial charge in [0, 0.05) is 5.02 Å². The van der Waals surface area contributed by atoms with Gasteiger partial charge >= 0.3 is 5.97 Å². The molecule has 6 heteroatoms. The van der Waals surface area contributed by atoms with Crippen LogP contribution in [0.25, 0.3) is 0 Å². The van der Waals surface area contributed by atoms with Gasteiger partial charge in [0.15, 0.2) is 0 Å². The molecule has 1 rings (SSSR count). The van der Waals surface area contributed by atoms with Crippen molar-refractivity contribution in [2.24, 2.45) is 0 Å². The number of hydrogen-bond acceptors (Lipinski definition) is 3. The molecule has 1 amide bonds. The van der Waals surface area contributed by atoms with Crippen molar-refractivity contribution in [3.05, 3.63) is 28.8 Å². The number of nitrogens with one attached hydrogen (secondary N) is 1. The summed E-state index contributed by atoms with van der Waals surface area (Å²) < 4.78 is 5.50. The molecule has 1 aromatic rings. The molecule has 0 aliphatic carbocycles. The van der Waals surface area contributed by atoms with Crippen LogP contribution in [-0.2, 0) is 4.79 Å². The summed E-state index contributed by atoms with van der Waals surface area (Å²) in [5, 5.41) is 11.5. The second-order valence-corrected chi connectivity index (χ2v) is 4.78. The third kappa shape index (κ3) is 4.44. The lowest BCUT2D eigenvalue weighted by molar-refractivity contribution is -0.138. The number of carboxylic acid groups (broad SMARTS) is 1. The largest absolute Gasteiger partial charge is 0.490 e. The first-order valence-electron chi connectivity index (χ1n) is 5.81. The molecule has 0 aliphatic heterocycles. The topological polar surface area (TPSA) is 75.6 Å². The highest BCUT2D eigenvalue weighted by molar-refractivity contribution is 6.31. The summed E-state index contributed by atoms with van der Waals surface area (Å²) in [6, 6.07) is 3.65. The van der Waals surface area contributed by atoms with Gasteiger partial charge in [-0.05, 0) is 39.0 Å². The molecule has 1 unspecified atom stereocenters. The number of carbonyl (C=O) groups is 2. The van der Waals surface area contributed by atoms with Gasteiger partial charge in [-0.1, -0.05) is 11.6 Å². The van der Waals surface area contributed by atoms with E-state index in [1.54, 1.807) is 12.1 Å². The fourth-order valence-electron chi connectivity index (χ4n) is 1.37. The summed E-state index contributed by atoms with van der Waals surface area (Å²) in [4.78, 5) is 22.7. The Bertz CT molecular complexity index is 488. The molecular weight excluding hydrogens is 270 g/mol. The highest BCUT2D eigenvalue weighted by Crippen LogP contribution is 2.24. The van der Waals surface area contributed by atoms with E-state index < -0.39 is 17.9 Å². The van der Waals surface area contributed by atoms with Crippen molar-refractivity contribution in [2.75, 3.05) is 0 Å². The van der Waals surface area contributed by atoms with Crippen molar-refractivity contribution < 1.29 is 19.4 Å². The predicted molar refractivity (Wildman–Crippen MR) is 71.8 cm³/mol. The van der Waals surface area contributed by atoms with Gasteiger partial charge in [-0.25, -0.2) is 0 Å². The minimum atomic E-state index is -1.11. The number of halogens is 1. The molecule has 2 N–H and O–H groups in total. The Morgan fingerprint density at radius 3 is 2.47 bits per heavy atom. The molecule has 5 nitrogen and oxygen atoms in total. The second kappa shape index (κ2) is 6.43. The van der Waals surface area contributed by atoms with Crippen LogP contribution in [-0.4, -0.2) is 29.1 Å². The van der Waals surface area contributed by atoms with Crippen LogP contribution in [0, 0.1) is 0 Å². The van der Waals surface area contributed by atoms with Crippen LogP contribution in [0.3, 0.4) is 0 Å². The highest BCUT2D eigenvalue weighted by Gasteiger charge is 2.19. The Hall–Kier alpha value is -1.75. The number of carboxylic acids is 1. The maximum atomic E-state index is 12.0. The fraction of sp³-hybridized carbons (Fsp3) is 0.385. The Balaban J connectivity index is 3.00. The van der Waals surface area contributed by atoms with Crippen molar-refractivity contribution in [3.63, 3.8) is 0 Å². The summed E-state index contributed by atoms with van der Waals surface area (Å²) in [7, 11) is 0. The van der Waals surface area contributed by atoms with Crippen molar-refractivity contribution >= 4 is 23.5 Å². The number of amides is 1. The van der Waals surface area contributed by atoms with E-state index in [0.29, 0.717) is 10.8 Å². The van der Waals surface area contributed by atoms with E-state index in [4.69, 9.17) is 21.4 Å². The van der Waals surface area contributed by atoms with Crippen molar-refractivity contribution in [3.8, 4) is 5.75 Å². The average molecular weight is 286 g/mol. The molecule has 0 saturated heterocycles. The SMILES string of the molecule is CC(C)Oc1ccc(Cl)cc1C(=O)NC(C)C(=O)O. The van der Waals surface area contributed by atoms with Crippen LogP contribution in [0.1, 0.15) is 31.1 Å². The van der Waals surface area contributed by atoms with Crippen molar-refractivity contribution in [2.45, 2.75) is 32.9 Å². The summed E-state index contributed by atoms with van der Waals surface area (Å²) >= 11 is 5.84. The van der Waals surface area contributed by atoms with E-state index in [0.717, 1.165) is 0 Å². The zero-order valence-electron chi connectivity index (χ0n) is 10.9. The summed E-state index contributed by atoms with van der Waals surface area (Å²) in [6.07, 6.45) is -0.107. The van der Waals surface area contributed by atoms with Gasteiger partial charge in [0.1, 0.15) is 11.8 Å². The van der Waals surface area contributed by atoms with E-state index in [1.807, 2.05) is 13.8 Å². The van der Waals surface area contributed by atoms with E-state index in [2.05, 4.69) is 5.32 Å². The summed E-state index contributed by atoms with van der Waals surface area (Å²) in [5.74, 6) is -1.27. The maximum absolute atomic E-state index is 12.0. The monoisotopic (exact) mass is 285 g/mol. The Kier molecular flexibility index (Phi) is 5.18. The molecule has 0 spiro atoms. The Labute approximate surface area is 116 Å².